The van der Waals surface area contributed by atoms with Gasteiger partial charge in [-0.3, -0.25) is 9.71 Å². The zero-order valence-electron chi connectivity index (χ0n) is 9.17. The molecule has 0 bridgehead atoms. The van der Waals surface area contributed by atoms with Gasteiger partial charge in [-0.05, 0) is 30.3 Å². The van der Waals surface area contributed by atoms with Gasteiger partial charge in [-0.25, -0.2) is 8.42 Å². The van der Waals surface area contributed by atoms with Crippen molar-refractivity contribution in [3.05, 3.63) is 47.7 Å². The van der Waals surface area contributed by atoms with Gasteiger partial charge in [0.1, 0.15) is 0 Å². The lowest BCUT2D eigenvalue weighted by Crippen LogP contribution is -2.14. The molecule has 94 valence electrons. The number of halogens is 1. The van der Waals surface area contributed by atoms with E-state index >= 15 is 0 Å². The Labute approximate surface area is 110 Å². The summed E-state index contributed by atoms with van der Waals surface area (Å²) in [5, 5.41) is 0.444. The van der Waals surface area contributed by atoms with Crippen LogP contribution in [0.5, 0.6) is 0 Å². The molecule has 0 fully saturated rings. The molecule has 0 unspecified atom stereocenters. The Morgan fingerprint density at radius 3 is 2.44 bits per heavy atom. The number of pyridine rings is 1. The van der Waals surface area contributed by atoms with Gasteiger partial charge in [-0.15, -0.1) is 0 Å². The molecule has 3 N–H and O–H groups in total. The summed E-state index contributed by atoms with van der Waals surface area (Å²) in [5.41, 5.74) is 6.24. The summed E-state index contributed by atoms with van der Waals surface area (Å²) < 4.78 is 26.4. The summed E-state index contributed by atoms with van der Waals surface area (Å²) in [6, 6.07) is 7.34. The summed E-state index contributed by atoms with van der Waals surface area (Å²) in [6.07, 6.45) is 2.81. The number of hydrogen-bond acceptors (Lipinski definition) is 4. The van der Waals surface area contributed by atoms with E-state index in [-0.39, 0.29) is 16.3 Å². The van der Waals surface area contributed by atoms with Crippen molar-refractivity contribution < 1.29 is 8.42 Å². The highest BCUT2D eigenvalue weighted by Crippen LogP contribution is 2.25. The van der Waals surface area contributed by atoms with E-state index in [4.69, 9.17) is 17.3 Å². The first kappa shape index (κ1) is 12.7. The van der Waals surface area contributed by atoms with Gasteiger partial charge < -0.3 is 5.73 Å². The Kier molecular flexibility index (Phi) is 3.40. The maximum Gasteiger partial charge on any atom is 0.262 e. The molecule has 0 spiro atoms. The van der Waals surface area contributed by atoms with Crippen LogP contribution in [0.2, 0.25) is 5.02 Å². The van der Waals surface area contributed by atoms with Crippen LogP contribution in [0.15, 0.2) is 47.6 Å². The summed E-state index contributed by atoms with van der Waals surface area (Å²) in [5.74, 6) is 0. The Hall–Kier alpha value is -1.79. The molecule has 0 atom stereocenters. The third-order valence-corrected chi connectivity index (χ3v) is 3.83. The number of rotatable bonds is 3. The highest BCUT2D eigenvalue weighted by molar-refractivity contribution is 7.92. The van der Waals surface area contributed by atoms with Crippen LogP contribution in [0.3, 0.4) is 0 Å². The molecule has 1 heterocycles. The molecule has 0 saturated carbocycles. The monoisotopic (exact) mass is 283 g/mol. The Morgan fingerprint density at radius 1 is 1.17 bits per heavy atom. The maximum atomic E-state index is 12.0. The van der Waals surface area contributed by atoms with Crippen molar-refractivity contribution in [2.24, 2.45) is 0 Å². The van der Waals surface area contributed by atoms with Gasteiger partial charge in [0.05, 0.1) is 16.3 Å². The smallest absolute Gasteiger partial charge is 0.262 e. The first-order chi connectivity index (χ1) is 8.49. The van der Waals surface area contributed by atoms with Crippen LogP contribution in [-0.2, 0) is 10.0 Å². The van der Waals surface area contributed by atoms with Gasteiger partial charge in [0.25, 0.3) is 10.0 Å². The van der Waals surface area contributed by atoms with E-state index in [1.165, 1.54) is 36.7 Å². The summed E-state index contributed by atoms with van der Waals surface area (Å²) in [6.45, 7) is 0. The second kappa shape index (κ2) is 4.83. The van der Waals surface area contributed by atoms with Crippen LogP contribution in [0.4, 0.5) is 11.4 Å². The van der Waals surface area contributed by atoms with Crippen LogP contribution in [0, 0.1) is 0 Å². The Bertz CT molecular complexity index is 659. The number of hydrogen-bond donors (Lipinski definition) is 2. The van der Waals surface area contributed by atoms with Gasteiger partial charge in [-0.2, -0.15) is 0 Å². The minimum absolute atomic E-state index is 0.117. The predicted octanol–water partition coefficient (Wildman–Crippen LogP) is 2.12. The molecule has 0 aliphatic carbocycles. The molecule has 0 amide bonds. The fourth-order valence-corrected chi connectivity index (χ4v) is 2.60. The topological polar surface area (TPSA) is 85.1 Å². The number of nitrogens with zero attached hydrogens (tertiary/aromatic N) is 1. The molecule has 0 aliphatic heterocycles. The van der Waals surface area contributed by atoms with E-state index in [9.17, 15) is 8.42 Å². The van der Waals surface area contributed by atoms with E-state index < -0.39 is 10.0 Å². The molecule has 2 rings (SSSR count). The summed E-state index contributed by atoms with van der Waals surface area (Å²) in [4.78, 5) is 3.88. The summed E-state index contributed by atoms with van der Waals surface area (Å²) in [7, 11) is -3.66. The van der Waals surface area contributed by atoms with E-state index in [1.54, 1.807) is 6.07 Å². The minimum atomic E-state index is -3.66. The van der Waals surface area contributed by atoms with E-state index in [1.807, 2.05) is 0 Å². The molecule has 0 saturated heterocycles. The van der Waals surface area contributed by atoms with Crippen LogP contribution >= 0.6 is 11.6 Å². The fraction of sp³-hybridized carbons (Fsp3) is 0. The van der Waals surface area contributed by atoms with Crippen LogP contribution in [0.25, 0.3) is 0 Å². The molecule has 2 aromatic rings. The second-order valence-corrected chi connectivity index (χ2v) is 5.64. The Morgan fingerprint density at radius 2 is 1.83 bits per heavy atom. The third kappa shape index (κ3) is 2.72. The molecule has 1 aromatic carbocycles. The number of nitrogens with one attached hydrogen (secondary N) is 1. The number of benzene rings is 1. The van der Waals surface area contributed by atoms with Gasteiger partial charge >= 0.3 is 0 Å². The van der Waals surface area contributed by atoms with Crippen molar-refractivity contribution in [3.8, 4) is 0 Å². The quantitative estimate of drug-likeness (QED) is 0.845. The Balaban J connectivity index is 2.34. The van der Waals surface area contributed by atoms with Crippen molar-refractivity contribution in [2.45, 2.75) is 4.90 Å². The molecular weight excluding hydrogens is 274 g/mol. The lowest BCUT2D eigenvalue weighted by atomic mass is 10.3. The van der Waals surface area contributed by atoms with E-state index in [2.05, 4.69) is 9.71 Å². The molecule has 7 heteroatoms. The van der Waals surface area contributed by atoms with Gasteiger partial charge in [0.2, 0.25) is 0 Å². The zero-order chi connectivity index (χ0) is 13.2. The lowest BCUT2D eigenvalue weighted by molar-refractivity contribution is 0.601. The zero-order valence-corrected chi connectivity index (χ0v) is 10.7. The minimum Gasteiger partial charge on any atom is -0.397 e. The number of sulfonamides is 1. The van der Waals surface area contributed by atoms with Crippen molar-refractivity contribution in [2.75, 3.05) is 10.5 Å². The standard InChI is InChI=1S/C11H10ClN3O2S/c12-8-1-2-11(10(13)7-8)15-18(16,17)9-3-5-14-6-4-9/h1-7,15H,13H2. The summed E-state index contributed by atoms with van der Waals surface area (Å²) >= 11 is 5.74. The molecule has 1 aromatic heterocycles. The number of nitrogen functional groups attached to an aromatic ring is 1. The average molecular weight is 284 g/mol. The van der Waals surface area contributed by atoms with E-state index in [0.29, 0.717) is 5.02 Å². The number of aromatic nitrogens is 1. The lowest BCUT2D eigenvalue weighted by Gasteiger charge is -2.10. The van der Waals surface area contributed by atoms with Gasteiger partial charge in [0, 0.05) is 17.4 Å². The van der Waals surface area contributed by atoms with Crippen LogP contribution in [0.1, 0.15) is 0 Å². The SMILES string of the molecule is Nc1cc(Cl)ccc1NS(=O)(=O)c1ccncc1. The molecule has 18 heavy (non-hydrogen) atoms. The van der Waals surface area contributed by atoms with Crippen molar-refractivity contribution in [1.29, 1.82) is 0 Å². The van der Waals surface area contributed by atoms with Crippen molar-refractivity contribution >= 4 is 33.0 Å². The molecule has 5 nitrogen and oxygen atoms in total. The first-order valence-corrected chi connectivity index (χ1v) is 6.83. The normalized spacial score (nSPS) is 11.2. The molecule has 0 aliphatic rings. The van der Waals surface area contributed by atoms with Gasteiger partial charge in [0.15, 0.2) is 0 Å². The first-order valence-electron chi connectivity index (χ1n) is 4.97. The predicted molar refractivity (Wildman–Crippen MR) is 70.9 cm³/mol. The maximum absolute atomic E-state index is 12.0. The largest absolute Gasteiger partial charge is 0.397 e. The molecular formula is C11H10ClN3O2S. The van der Waals surface area contributed by atoms with Gasteiger partial charge in [-0.1, -0.05) is 11.6 Å². The third-order valence-electron chi connectivity index (χ3n) is 2.22. The number of anilines is 2. The molecule has 0 radical (unpaired) electrons. The van der Waals surface area contributed by atoms with Crippen LogP contribution in [-0.4, -0.2) is 13.4 Å². The van der Waals surface area contributed by atoms with Crippen LogP contribution < -0.4 is 10.5 Å². The average Bonchev–Trinajstić information content (AvgIpc) is 2.34. The fourth-order valence-electron chi connectivity index (χ4n) is 1.35. The van der Waals surface area contributed by atoms with Crippen molar-refractivity contribution in [3.63, 3.8) is 0 Å². The van der Waals surface area contributed by atoms with E-state index in [0.717, 1.165) is 0 Å². The highest BCUT2D eigenvalue weighted by atomic mass is 35.5. The number of nitrogens with two attached hydrogens (primary N) is 1. The van der Waals surface area contributed by atoms with Crippen molar-refractivity contribution in [1.82, 2.24) is 4.98 Å². The highest BCUT2D eigenvalue weighted by Gasteiger charge is 2.14. The second-order valence-electron chi connectivity index (χ2n) is 3.52.